The molecule has 0 bridgehead atoms. The second-order valence-electron chi connectivity index (χ2n) is 7.20. The zero-order chi connectivity index (χ0) is 20.0. The average molecular weight is 373 g/mol. The summed E-state index contributed by atoms with van der Waals surface area (Å²) in [7, 11) is 1.35. The Balaban J connectivity index is 2.01. The molecule has 1 atom stereocenters. The van der Waals surface area contributed by atoms with Crippen molar-refractivity contribution in [3.8, 4) is 5.75 Å². The van der Waals surface area contributed by atoms with Gasteiger partial charge in [-0.25, -0.2) is 4.79 Å². The second kappa shape index (κ2) is 8.99. The van der Waals surface area contributed by atoms with Gasteiger partial charge in [0.25, 0.3) is 0 Å². The van der Waals surface area contributed by atoms with E-state index in [9.17, 15) is 20.1 Å². The first kappa shape index (κ1) is 20.9. The van der Waals surface area contributed by atoms with Gasteiger partial charge in [0.1, 0.15) is 5.75 Å². The molecule has 0 radical (unpaired) electrons. The predicted octanol–water partition coefficient (Wildman–Crippen LogP) is 2.32. The van der Waals surface area contributed by atoms with Crippen molar-refractivity contribution in [1.29, 1.82) is 0 Å². The van der Waals surface area contributed by atoms with Crippen LogP contribution in [0.3, 0.4) is 0 Å². The summed E-state index contributed by atoms with van der Waals surface area (Å²) in [4.78, 5) is 11.7. The fraction of sp³-hybridized carbons (Fsp3) is 0.381. The molecule has 0 aliphatic carbocycles. The molecule has 0 fully saturated rings. The van der Waals surface area contributed by atoms with E-state index in [1.165, 1.54) is 13.2 Å². The van der Waals surface area contributed by atoms with Crippen LogP contribution in [0.2, 0.25) is 0 Å². The van der Waals surface area contributed by atoms with E-state index in [2.05, 4.69) is 5.32 Å². The molecule has 0 amide bonds. The minimum Gasteiger partial charge on any atom is -0.508 e. The van der Waals surface area contributed by atoms with Crippen LogP contribution in [-0.2, 0) is 17.8 Å². The number of aliphatic hydroxyl groups excluding tert-OH is 2. The summed E-state index contributed by atoms with van der Waals surface area (Å²) in [6.45, 7) is 4.04. The quantitative estimate of drug-likeness (QED) is 0.530. The van der Waals surface area contributed by atoms with E-state index in [4.69, 9.17) is 4.74 Å². The van der Waals surface area contributed by atoms with Gasteiger partial charge in [0.15, 0.2) is 0 Å². The van der Waals surface area contributed by atoms with Gasteiger partial charge in [0, 0.05) is 17.6 Å². The van der Waals surface area contributed by atoms with E-state index >= 15 is 0 Å². The van der Waals surface area contributed by atoms with Crippen molar-refractivity contribution in [3.63, 3.8) is 0 Å². The maximum absolute atomic E-state index is 11.7. The lowest BCUT2D eigenvalue weighted by atomic mass is 9.93. The number of hydrogen-bond acceptors (Lipinski definition) is 6. The second-order valence-corrected chi connectivity index (χ2v) is 7.20. The fourth-order valence-corrected chi connectivity index (χ4v) is 2.93. The minimum absolute atomic E-state index is 0.00669. The monoisotopic (exact) mass is 373 g/mol. The number of aliphatic hydroxyl groups is 2. The molecular weight excluding hydrogens is 346 g/mol. The maximum atomic E-state index is 11.7. The van der Waals surface area contributed by atoms with Gasteiger partial charge in [-0.05, 0) is 55.7 Å². The summed E-state index contributed by atoms with van der Waals surface area (Å²) in [5.74, 6) is -0.364. The highest BCUT2D eigenvalue weighted by molar-refractivity contribution is 5.89. The lowest BCUT2D eigenvalue weighted by molar-refractivity contribution is 0.0600. The van der Waals surface area contributed by atoms with Gasteiger partial charge in [0.2, 0.25) is 0 Å². The van der Waals surface area contributed by atoms with Gasteiger partial charge in [0.05, 0.1) is 25.4 Å². The highest BCUT2D eigenvalue weighted by Gasteiger charge is 2.21. The Bertz CT molecular complexity index is 788. The largest absolute Gasteiger partial charge is 0.508 e. The number of benzene rings is 2. The first-order valence-corrected chi connectivity index (χ1v) is 8.79. The maximum Gasteiger partial charge on any atom is 0.337 e. The van der Waals surface area contributed by atoms with E-state index in [1.54, 1.807) is 24.3 Å². The molecule has 0 aromatic heterocycles. The lowest BCUT2D eigenvalue weighted by Gasteiger charge is -2.28. The molecule has 2 aromatic carbocycles. The highest BCUT2D eigenvalue weighted by Crippen LogP contribution is 2.23. The van der Waals surface area contributed by atoms with Crippen LogP contribution < -0.4 is 5.32 Å². The predicted molar refractivity (Wildman–Crippen MR) is 103 cm³/mol. The van der Waals surface area contributed by atoms with Crippen LogP contribution in [0.1, 0.15) is 47.0 Å². The minimum atomic E-state index is -0.781. The number of aromatic hydroxyl groups is 1. The third-order valence-electron chi connectivity index (χ3n) is 4.43. The number of phenols is 1. The summed E-state index contributed by atoms with van der Waals surface area (Å²) < 4.78 is 4.75. The van der Waals surface area contributed by atoms with Crippen LogP contribution in [0.4, 0.5) is 0 Å². The Hall–Kier alpha value is -2.41. The molecular formula is C21H27NO5. The molecule has 146 valence electrons. The fourth-order valence-electron chi connectivity index (χ4n) is 2.93. The van der Waals surface area contributed by atoms with Crippen LogP contribution >= 0.6 is 0 Å². The molecule has 2 rings (SSSR count). The Morgan fingerprint density at radius 3 is 2.63 bits per heavy atom. The van der Waals surface area contributed by atoms with Crippen molar-refractivity contribution in [2.24, 2.45) is 0 Å². The van der Waals surface area contributed by atoms with Gasteiger partial charge in [-0.2, -0.15) is 0 Å². The number of esters is 1. The first-order chi connectivity index (χ1) is 12.8. The molecule has 2 aromatic rings. The van der Waals surface area contributed by atoms with Crippen molar-refractivity contribution < 1.29 is 24.9 Å². The Morgan fingerprint density at radius 2 is 1.96 bits per heavy atom. The number of carbonyl (C=O) groups excluding carboxylic acids is 1. The van der Waals surface area contributed by atoms with E-state index in [-0.39, 0.29) is 23.9 Å². The van der Waals surface area contributed by atoms with Crippen molar-refractivity contribution in [3.05, 3.63) is 64.7 Å². The summed E-state index contributed by atoms with van der Waals surface area (Å²) >= 11 is 0. The number of carbonyl (C=O) groups is 1. The molecule has 6 nitrogen and oxygen atoms in total. The zero-order valence-corrected chi connectivity index (χ0v) is 15.9. The summed E-state index contributed by atoms with van der Waals surface area (Å²) in [6, 6.07) is 12.0. The third kappa shape index (κ3) is 5.79. The molecule has 0 saturated heterocycles. The van der Waals surface area contributed by atoms with Crippen LogP contribution in [0.5, 0.6) is 5.75 Å². The Morgan fingerprint density at radius 1 is 1.22 bits per heavy atom. The van der Waals surface area contributed by atoms with Gasteiger partial charge in [-0.3, -0.25) is 0 Å². The van der Waals surface area contributed by atoms with Crippen LogP contribution in [-0.4, -0.2) is 40.5 Å². The molecule has 0 spiro atoms. The smallest absolute Gasteiger partial charge is 0.337 e. The highest BCUT2D eigenvalue weighted by atomic mass is 16.5. The summed E-state index contributed by atoms with van der Waals surface area (Å²) in [5.41, 5.74) is 2.16. The van der Waals surface area contributed by atoms with Gasteiger partial charge < -0.3 is 25.4 Å². The first-order valence-electron chi connectivity index (χ1n) is 8.79. The molecule has 0 aliphatic heterocycles. The molecule has 27 heavy (non-hydrogen) atoms. The molecule has 4 N–H and O–H groups in total. The van der Waals surface area contributed by atoms with Crippen LogP contribution in [0.15, 0.2) is 42.5 Å². The van der Waals surface area contributed by atoms with E-state index in [1.807, 2.05) is 26.0 Å². The molecule has 0 saturated carbocycles. The zero-order valence-electron chi connectivity index (χ0n) is 15.9. The normalized spacial score (nSPS) is 12.6. The van der Waals surface area contributed by atoms with E-state index in [0.29, 0.717) is 29.7 Å². The summed E-state index contributed by atoms with van der Waals surface area (Å²) in [5, 5.41) is 32.6. The summed E-state index contributed by atoms with van der Waals surface area (Å²) in [6.07, 6.45) is -0.126. The van der Waals surface area contributed by atoms with Crippen LogP contribution in [0.25, 0.3) is 0 Å². The van der Waals surface area contributed by atoms with Crippen molar-refractivity contribution in [2.45, 2.75) is 38.5 Å². The number of nitrogens with one attached hydrogen (secondary N) is 1. The number of rotatable bonds is 8. The molecule has 6 heteroatoms. The average Bonchev–Trinajstić information content (AvgIpc) is 2.65. The number of ether oxygens (including phenoxy) is 1. The van der Waals surface area contributed by atoms with Crippen molar-refractivity contribution in [1.82, 2.24) is 5.32 Å². The van der Waals surface area contributed by atoms with Gasteiger partial charge >= 0.3 is 5.97 Å². The third-order valence-corrected chi connectivity index (χ3v) is 4.43. The van der Waals surface area contributed by atoms with E-state index < -0.39 is 6.10 Å². The topological polar surface area (TPSA) is 99.0 Å². The standard InChI is InChI=1S/C21H27NO5/c1-21(2,11-14-5-4-6-16(9-14)20(26)27-3)22-12-19(25)15-7-8-18(24)17(10-15)13-23/h4-10,19,22-25H,11-13H2,1-3H3. The number of β-amino-alcohol motifs (C(OH)–C–C–N with tert-alkyl or cyclic N) is 1. The SMILES string of the molecule is COC(=O)c1cccc(CC(C)(C)NCC(O)c2ccc(O)c(CO)c2)c1. The molecule has 0 heterocycles. The van der Waals surface area contributed by atoms with Crippen LogP contribution in [0, 0.1) is 0 Å². The molecule has 0 aliphatic rings. The van der Waals surface area contributed by atoms with Crippen molar-refractivity contribution >= 4 is 5.97 Å². The lowest BCUT2D eigenvalue weighted by Crippen LogP contribution is -2.43. The van der Waals surface area contributed by atoms with Gasteiger partial charge in [-0.15, -0.1) is 0 Å². The van der Waals surface area contributed by atoms with Crippen molar-refractivity contribution in [2.75, 3.05) is 13.7 Å². The number of hydrogen-bond donors (Lipinski definition) is 4. The number of methoxy groups -OCH3 is 1. The van der Waals surface area contributed by atoms with Gasteiger partial charge in [-0.1, -0.05) is 18.2 Å². The Kier molecular flexibility index (Phi) is 6.96. The molecule has 1 unspecified atom stereocenters. The van der Waals surface area contributed by atoms with E-state index in [0.717, 1.165) is 5.56 Å². The Labute approximate surface area is 159 Å².